The zero-order chi connectivity index (χ0) is 49.5. The number of aliphatic hydroxyl groups is 7. The van der Waals surface area contributed by atoms with Crippen molar-refractivity contribution >= 4 is 5.97 Å². The molecule has 11 atom stereocenters. The number of aliphatic hydroxyl groups excluding tert-OH is 7. The first-order chi connectivity index (χ1) is 33.1. The number of hydrogen-bond acceptors (Lipinski definition) is 14. The molecule has 0 aliphatic carbocycles. The highest BCUT2D eigenvalue weighted by Gasteiger charge is 2.47. The molecular formula is C54H100O14. The smallest absolute Gasteiger partial charge is 0.306 e. The van der Waals surface area contributed by atoms with Crippen molar-refractivity contribution < 1.29 is 69.0 Å². The number of carbonyl (C=O) groups is 1. The summed E-state index contributed by atoms with van der Waals surface area (Å²) in [6.45, 7) is 3.68. The molecule has 0 aromatic carbocycles. The van der Waals surface area contributed by atoms with Gasteiger partial charge in [0, 0.05) is 13.0 Å². The van der Waals surface area contributed by atoms with Gasteiger partial charge in [0.05, 0.1) is 26.4 Å². The molecule has 14 nitrogen and oxygen atoms in total. The van der Waals surface area contributed by atoms with Crippen molar-refractivity contribution in [2.45, 2.75) is 280 Å². The highest BCUT2D eigenvalue weighted by molar-refractivity contribution is 5.69. The van der Waals surface area contributed by atoms with Gasteiger partial charge in [-0.1, -0.05) is 186 Å². The van der Waals surface area contributed by atoms with Crippen molar-refractivity contribution in [3.8, 4) is 0 Å². The number of ether oxygens (including phenoxy) is 6. The summed E-state index contributed by atoms with van der Waals surface area (Å²) in [5, 5.41) is 72.2. The monoisotopic (exact) mass is 973 g/mol. The number of esters is 1. The van der Waals surface area contributed by atoms with Crippen LogP contribution in [-0.4, -0.2) is 142 Å². The summed E-state index contributed by atoms with van der Waals surface area (Å²) in [6, 6.07) is 0. The number of unbranched alkanes of at least 4 members (excludes halogenated alkanes) is 26. The number of carbonyl (C=O) groups excluding carboxylic acids is 1. The number of rotatable bonds is 44. The standard InChI is InChI=1S/C54H100O14/c1-3-5-7-9-11-13-15-17-19-21-23-25-27-29-31-33-35-37-46(56)66-43(40-63-38-36-34-32-30-28-26-24-22-20-18-16-14-12-10-8-6-4-2)41-64-53-52(62)50(60)48(58)45(68-53)42-65-54-51(61)49(59)47(57)44(39-55)67-54/h14,16,20,22,43-45,47-55,57-62H,3-13,15,17-19,21,23-42H2,1-2H3/b16-14-,22-20-. The van der Waals surface area contributed by atoms with Gasteiger partial charge in [0.15, 0.2) is 12.6 Å². The lowest BCUT2D eigenvalue weighted by Gasteiger charge is -2.42. The first-order valence-electron chi connectivity index (χ1n) is 27.4. The maximum Gasteiger partial charge on any atom is 0.306 e. The Kier molecular flexibility index (Phi) is 38.7. The molecule has 0 bridgehead atoms. The third kappa shape index (κ3) is 29.1. The molecule has 0 saturated carbocycles. The van der Waals surface area contributed by atoms with E-state index in [4.69, 9.17) is 28.4 Å². The van der Waals surface area contributed by atoms with E-state index in [-0.39, 0.29) is 25.6 Å². The van der Waals surface area contributed by atoms with Crippen molar-refractivity contribution in [2.75, 3.05) is 33.0 Å². The van der Waals surface area contributed by atoms with Gasteiger partial charge in [-0.3, -0.25) is 4.79 Å². The highest BCUT2D eigenvalue weighted by atomic mass is 16.7. The van der Waals surface area contributed by atoms with Gasteiger partial charge in [-0.05, 0) is 44.9 Å². The fourth-order valence-corrected chi connectivity index (χ4v) is 8.73. The van der Waals surface area contributed by atoms with Crippen LogP contribution < -0.4 is 0 Å². The normalized spacial score (nSPS) is 26.0. The summed E-state index contributed by atoms with van der Waals surface area (Å²) in [7, 11) is 0. The van der Waals surface area contributed by atoms with Crippen LogP contribution in [0, 0.1) is 0 Å². The summed E-state index contributed by atoms with van der Waals surface area (Å²) in [6.07, 6.45) is 29.5. The number of allylic oxidation sites excluding steroid dienone is 4. The van der Waals surface area contributed by atoms with E-state index in [0.29, 0.717) is 13.0 Å². The van der Waals surface area contributed by atoms with Crippen LogP contribution in [0.2, 0.25) is 0 Å². The predicted molar refractivity (Wildman–Crippen MR) is 266 cm³/mol. The maximum absolute atomic E-state index is 13.0. The van der Waals surface area contributed by atoms with Gasteiger partial charge in [0.25, 0.3) is 0 Å². The lowest BCUT2D eigenvalue weighted by Crippen LogP contribution is -2.61. The fourth-order valence-electron chi connectivity index (χ4n) is 8.73. The molecule has 68 heavy (non-hydrogen) atoms. The summed E-state index contributed by atoms with van der Waals surface area (Å²) in [5.74, 6) is -0.376. The van der Waals surface area contributed by atoms with E-state index >= 15 is 0 Å². The van der Waals surface area contributed by atoms with Gasteiger partial charge in [0.2, 0.25) is 0 Å². The highest BCUT2D eigenvalue weighted by Crippen LogP contribution is 2.26. The van der Waals surface area contributed by atoms with E-state index < -0.39 is 80.7 Å². The third-order valence-electron chi connectivity index (χ3n) is 13.2. The van der Waals surface area contributed by atoms with Crippen molar-refractivity contribution in [1.82, 2.24) is 0 Å². The average molecular weight is 973 g/mol. The van der Waals surface area contributed by atoms with Gasteiger partial charge in [-0.25, -0.2) is 0 Å². The largest absolute Gasteiger partial charge is 0.457 e. The van der Waals surface area contributed by atoms with Crippen LogP contribution in [0.15, 0.2) is 24.3 Å². The van der Waals surface area contributed by atoms with Gasteiger partial charge in [-0.15, -0.1) is 0 Å². The first kappa shape index (κ1) is 62.6. The molecule has 2 aliphatic rings. The SMILES string of the molecule is CCCCCC/C=C\C/C=C\CCCCCCCCOCC(COC1OC(COC2OC(CO)C(O)C(O)C2O)C(O)C(O)C1O)OC(=O)CCCCCCCCCCCCCCCCCCC. The molecule has 0 radical (unpaired) electrons. The zero-order valence-corrected chi connectivity index (χ0v) is 42.6. The Balaban J connectivity index is 1.75. The van der Waals surface area contributed by atoms with E-state index in [0.717, 1.165) is 57.8 Å². The second kappa shape index (κ2) is 42.0. The lowest BCUT2D eigenvalue weighted by molar-refractivity contribution is -0.332. The quantitative estimate of drug-likeness (QED) is 0.0173. The molecule has 400 valence electrons. The molecule has 0 aromatic rings. The molecule has 7 N–H and O–H groups in total. The molecule has 0 amide bonds. The van der Waals surface area contributed by atoms with Crippen LogP contribution >= 0.6 is 0 Å². The predicted octanol–water partition coefficient (Wildman–Crippen LogP) is 8.80. The Morgan fingerprint density at radius 3 is 1.43 bits per heavy atom. The second-order valence-electron chi connectivity index (χ2n) is 19.4. The summed E-state index contributed by atoms with van der Waals surface area (Å²) < 4.78 is 34.3. The molecule has 0 spiro atoms. The minimum Gasteiger partial charge on any atom is -0.457 e. The Morgan fingerprint density at radius 1 is 0.485 bits per heavy atom. The molecular weight excluding hydrogens is 873 g/mol. The van der Waals surface area contributed by atoms with E-state index in [9.17, 15) is 40.5 Å². The average Bonchev–Trinajstić information content (AvgIpc) is 3.33. The molecule has 2 aliphatic heterocycles. The van der Waals surface area contributed by atoms with Crippen LogP contribution in [0.3, 0.4) is 0 Å². The lowest BCUT2D eigenvalue weighted by atomic mass is 9.98. The van der Waals surface area contributed by atoms with E-state index in [2.05, 4.69) is 38.2 Å². The van der Waals surface area contributed by atoms with E-state index in [1.54, 1.807) is 0 Å². The molecule has 11 unspecified atom stereocenters. The van der Waals surface area contributed by atoms with Crippen molar-refractivity contribution in [1.29, 1.82) is 0 Å². The minimum absolute atomic E-state index is 0.0583. The first-order valence-corrected chi connectivity index (χ1v) is 27.4. The summed E-state index contributed by atoms with van der Waals surface area (Å²) >= 11 is 0. The van der Waals surface area contributed by atoms with Crippen molar-refractivity contribution in [2.24, 2.45) is 0 Å². The third-order valence-corrected chi connectivity index (χ3v) is 13.2. The summed E-state index contributed by atoms with van der Waals surface area (Å²) in [5.41, 5.74) is 0. The fraction of sp³-hybridized carbons (Fsp3) is 0.907. The van der Waals surface area contributed by atoms with Crippen LogP contribution in [0.5, 0.6) is 0 Å². The molecule has 2 fully saturated rings. The Morgan fingerprint density at radius 2 is 0.912 bits per heavy atom. The minimum atomic E-state index is -1.71. The Labute approximate surface area is 411 Å². The molecule has 2 saturated heterocycles. The van der Waals surface area contributed by atoms with Gasteiger partial charge in [0.1, 0.15) is 54.9 Å². The molecule has 14 heteroatoms. The van der Waals surface area contributed by atoms with Gasteiger partial charge >= 0.3 is 5.97 Å². The maximum atomic E-state index is 13.0. The van der Waals surface area contributed by atoms with Crippen LogP contribution in [-0.2, 0) is 33.2 Å². The Bertz CT molecular complexity index is 1220. The van der Waals surface area contributed by atoms with E-state index in [1.807, 2.05) is 0 Å². The zero-order valence-electron chi connectivity index (χ0n) is 42.6. The van der Waals surface area contributed by atoms with Crippen molar-refractivity contribution in [3.63, 3.8) is 0 Å². The topological polar surface area (TPSA) is 214 Å². The van der Waals surface area contributed by atoms with Crippen LogP contribution in [0.25, 0.3) is 0 Å². The molecule has 2 heterocycles. The molecule has 2 rings (SSSR count). The van der Waals surface area contributed by atoms with Crippen LogP contribution in [0.4, 0.5) is 0 Å². The summed E-state index contributed by atoms with van der Waals surface area (Å²) in [4.78, 5) is 13.0. The van der Waals surface area contributed by atoms with Crippen molar-refractivity contribution in [3.05, 3.63) is 24.3 Å². The Hall–Kier alpha value is -1.53. The second-order valence-corrected chi connectivity index (χ2v) is 19.4. The van der Waals surface area contributed by atoms with Crippen LogP contribution in [0.1, 0.15) is 213 Å². The van der Waals surface area contributed by atoms with Gasteiger partial charge < -0.3 is 64.2 Å². The molecule has 0 aromatic heterocycles. The number of hydrogen-bond donors (Lipinski definition) is 7. The van der Waals surface area contributed by atoms with Gasteiger partial charge in [-0.2, -0.15) is 0 Å². The van der Waals surface area contributed by atoms with E-state index in [1.165, 1.54) is 128 Å².